The molecular weight excluding hydrogens is 234 g/mol. The summed E-state index contributed by atoms with van der Waals surface area (Å²) >= 11 is 0. The molecule has 18 heavy (non-hydrogen) atoms. The summed E-state index contributed by atoms with van der Waals surface area (Å²) in [4.78, 5) is 28.1. The number of benzene rings is 1. The molecule has 2 amide bonds. The highest BCUT2D eigenvalue weighted by Gasteiger charge is 2.32. The molecule has 1 saturated heterocycles. The summed E-state index contributed by atoms with van der Waals surface area (Å²) in [5, 5.41) is 3.78. The third kappa shape index (κ3) is 2.85. The summed E-state index contributed by atoms with van der Waals surface area (Å²) in [6, 6.07) is 8.98. The monoisotopic (exact) mass is 249 g/mol. The smallest absolute Gasteiger partial charge is 0.264 e. The molecule has 1 aliphatic rings. The lowest BCUT2D eigenvalue weighted by atomic mass is 10.1. The molecule has 1 aromatic rings. The molecule has 0 radical (unpaired) electrons. The van der Waals surface area contributed by atoms with E-state index >= 15 is 0 Å². The zero-order valence-corrected chi connectivity index (χ0v) is 10.1. The fourth-order valence-electron chi connectivity index (χ4n) is 1.77. The van der Waals surface area contributed by atoms with Gasteiger partial charge < -0.3 is 5.32 Å². The molecule has 2 N–H and O–H groups in total. The van der Waals surface area contributed by atoms with E-state index in [2.05, 4.69) is 10.7 Å². The second kappa shape index (κ2) is 5.61. The van der Waals surface area contributed by atoms with E-state index in [0.717, 1.165) is 5.56 Å². The first-order chi connectivity index (χ1) is 8.70. The fraction of sp³-hybridized carbons (Fsp3) is 0.333. The predicted molar refractivity (Wildman–Crippen MR) is 63.9 cm³/mol. The first-order valence-electron chi connectivity index (χ1n) is 5.68. The first-order valence-corrected chi connectivity index (χ1v) is 5.68. The molecule has 0 spiro atoms. The van der Waals surface area contributed by atoms with Crippen molar-refractivity contribution >= 4 is 11.8 Å². The Hall–Kier alpha value is -1.92. The van der Waals surface area contributed by atoms with Gasteiger partial charge in [0.1, 0.15) is 6.04 Å². The van der Waals surface area contributed by atoms with Gasteiger partial charge in [-0.2, -0.15) is 0 Å². The minimum absolute atomic E-state index is 0.0533. The van der Waals surface area contributed by atoms with E-state index in [1.54, 1.807) is 7.05 Å². The third-order valence-electron chi connectivity index (χ3n) is 2.67. The molecule has 0 aromatic heterocycles. The van der Waals surface area contributed by atoms with Gasteiger partial charge in [-0.05, 0) is 5.56 Å². The number of likely N-dealkylation sites (N-methyl/N-ethyl adjacent to an activating group) is 1. The lowest BCUT2D eigenvalue weighted by Gasteiger charge is -2.23. The van der Waals surface area contributed by atoms with E-state index in [9.17, 15) is 9.59 Å². The Morgan fingerprint density at radius 1 is 1.50 bits per heavy atom. The van der Waals surface area contributed by atoms with Crippen LogP contribution in [0.4, 0.5) is 0 Å². The standard InChI is InChI=1S/C12H15N3O3/c1-13-12(17)10(15-14-11(16)8-18-15)7-9-5-3-2-4-6-9/h2-6,10H,7-8H2,1H3,(H,13,17)(H,14,16)/t10-/m0/s1. The maximum absolute atomic E-state index is 11.8. The number of nitrogens with one attached hydrogen (secondary N) is 2. The number of hydrogen-bond donors (Lipinski definition) is 2. The van der Waals surface area contributed by atoms with Crippen molar-refractivity contribution < 1.29 is 14.4 Å². The molecule has 1 aromatic carbocycles. The number of hydroxylamine groups is 1. The lowest BCUT2D eigenvalue weighted by molar-refractivity contribution is -0.179. The van der Waals surface area contributed by atoms with Crippen molar-refractivity contribution in [3.8, 4) is 0 Å². The van der Waals surface area contributed by atoms with Gasteiger partial charge in [0.15, 0.2) is 6.61 Å². The van der Waals surface area contributed by atoms with Crippen molar-refractivity contribution in [2.24, 2.45) is 0 Å². The average molecular weight is 249 g/mol. The van der Waals surface area contributed by atoms with Crippen LogP contribution in [0.3, 0.4) is 0 Å². The molecule has 6 nitrogen and oxygen atoms in total. The van der Waals surface area contributed by atoms with Crippen molar-refractivity contribution in [1.29, 1.82) is 0 Å². The number of amides is 2. The van der Waals surface area contributed by atoms with Crippen molar-refractivity contribution in [2.75, 3.05) is 13.7 Å². The van der Waals surface area contributed by atoms with Crippen LogP contribution in [0.1, 0.15) is 5.56 Å². The number of nitrogens with zero attached hydrogens (tertiary/aromatic N) is 1. The molecule has 0 bridgehead atoms. The van der Waals surface area contributed by atoms with Gasteiger partial charge in [0.05, 0.1) is 0 Å². The molecule has 0 aliphatic carbocycles. The summed E-state index contributed by atoms with van der Waals surface area (Å²) in [6.07, 6.45) is 0.459. The van der Waals surface area contributed by atoms with Gasteiger partial charge in [0.2, 0.25) is 5.91 Å². The highest BCUT2D eigenvalue weighted by atomic mass is 16.7. The van der Waals surface area contributed by atoms with Crippen LogP contribution in [-0.4, -0.2) is 36.7 Å². The molecule has 2 rings (SSSR count). The lowest BCUT2D eigenvalue weighted by Crippen LogP contribution is -2.50. The number of carbonyl (C=O) groups is 2. The largest absolute Gasteiger partial charge is 0.358 e. The van der Waals surface area contributed by atoms with E-state index in [4.69, 9.17) is 4.84 Å². The Morgan fingerprint density at radius 3 is 2.78 bits per heavy atom. The maximum Gasteiger partial charge on any atom is 0.264 e. The van der Waals surface area contributed by atoms with Gasteiger partial charge in [0.25, 0.3) is 5.91 Å². The molecule has 0 unspecified atom stereocenters. The summed E-state index contributed by atoms with van der Waals surface area (Å²) in [6.45, 7) is -0.0533. The molecule has 1 heterocycles. The van der Waals surface area contributed by atoms with Crippen molar-refractivity contribution in [3.05, 3.63) is 35.9 Å². The van der Waals surface area contributed by atoms with Gasteiger partial charge in [-0.1, -0.05) is 35.5 Å². The molecule has 1 fully saturated rings. The van der Waals surface area contributed by atoms with E-state index in [1.807, 2.05) is 30.3 Å². The molecular formula is C12H15N3O3. The molecule has 0 saturated carbocycles. The fourth-order valence-corrected chi connectivity index (χ4v) is 1.77. The van der Waals surface area contributed by atoms with Gasteiger partial charge in [-0.3, -0.25) is 19.9 Å². The van der Waals surface area contributed by atoms with Crippen LogP contribution >= 0.6 is 0 Å². The van der Waals surface area contributed by atoms with Crippen LogP contribution in [0.5, 0.6) is 0 Å². The maximum atomic E-state index is 11.8. The van der Waals surface area contributed by atoms with Crippen molar-refractivity contribution in [2.45, 2.75) is 12.5 Å². The Balaban J connectivity index is 2.10. The molecule has 1 aliphatic heterocycles. The van der Waals surface area contributed by atoms with E-state index in [0.29, 0.717) is 6.42 Å². The highest BCUT2D eigenvalue weighted by Crippen LogP contribution is 2.10. The highest BCUT2D eigenvalue weighted by molar-refractivity contribution is 5.83. The van der Waals surface area contributed by atoms with Crippen LogP contribution in [0, 0.1) is 0 Å². The summed E-state index contributed by atoms with van der Waals surface area (Å²) < 4.78 is 0. The van der Waals surface area contributed by atoms with Gasteiger partial charge in [-0.25, -0.2) is 0 Å². The van der Waals surface area contributed by atoms with E-state index in [1.165, 1.54) is 5.17 Å². The van der Waals surface area contributed by atoms with Gasteiger partial charge in [-0.15, -0.1) is 0 Å². The SMILES string of the molecule is CNC(=O)[C@H](Cc1ccccc1)N1NC(=O)CO1. The van der Waals surface area contributed by atoms with Crippen LogP contribution in [0.2, 0.25) is 0 Å². The first kappa shape index (κ1) is 12.5. The zero-order chi connectivity index (χ0) is 13.0. The predicted octanol–water partition coefficient (Wildman–Crippen LogP) is -0.378. The average Bonchev–Trinajstić information content (AvgIpc) is 2.83. The summed E-state index contributed by atoms with van der Waals surface area (Å²) in [7, 11) is 1.55. The van der Waals surface area contributed by atoms with Crippen LogP contribution < -0.4 is 10.7 Å². The second-order valence-electron chi connectivity index (χ2n) is 3.95. The second-order valence-corrected chi connectivity index (χ2v) is 3.95. The van der Waals surface area contributed by atoms with Crippen molar-refractivity contribution in [3.63, 3.8) is 0 Å². The zero-order valence-electron chi connectivity index (χ0n) is 10.1. The summed E-state index contributed by atoms with van der Waals surface area (Å²) in [5.41, 5.74) is 3.50. The number of hydrogen-bond acceptors (Lipinski definition) is 4. The Bertz CT molecular complexity index is 435. The summed E-state index contributed by atoms with van der Waals surface area (Å²) in [5.74, 6) is -0.460. The van der Waals surface area contributed by atoms with Gasteiger partial charge >= 0.3 is 0 Å². The van der Waals surface area contributed by atoms with Gasteiger partial charge in [0, 0.05) is 13.5 Å². The molecule has 6 heteroatoms. The number of hydrazine groups is 1. The normalized spacial score (nSPS) is 17.3. The van der Waals surface area contributed by atoms with Crippen LogP contribution in [-0.2, 0) is 20.8 Å². The Labute approximate surface area is 105 Å². The minimum Gasteiger partial charge on any atom is -0.358 e. The number of rotatable bonds is 4. The molecule has 1 atom stereocenters. The van der Waals surface area contributed by atoms with Crippen molar-refractivity contribution in [1.82, 2.24) is 15.9 Å². The topological polar surface area (TPSA) is 70.7 Å². The third-order valence-corrected chi connectivity index (χ3v) is 2.67. The minimum atomic E-state index is -0.580. The Morgan fingerprint density at radius 2 is 2.22 bits per heavy atom. The van der Waals surface area contributed by atoms with E-state index in [-0.39, 0.29) is 18.4 Å². The van der Waals surface area contributed by atoms with Crippen LogP contribution in [0.15, 0.2) is 30.3 Å². The van der Waals surface area contributed by atoms with Crippen LogP contribution in [0.25, 0.3) is 0 Å². The quantitative estimate of drug-likeness (QED) is 0.763. The Kier molecular flexibility index (Phi) is 3.91. The van der Waals surface area contributed by atoms with E-state index < -0.39 is 6.04 Å². The number of carbonyl (C=O) groups excluding carboxylic acids is 2. The molecule has 96 valence electrons.